The van der Waals surface area contributed by atoms with Gasteiger partial charge < -0.3 is 20.9 Å². The summed E-state index contributed by atoms with van der Waals surface area (Å²) in [6.45, 7) is 3.54. The molecule has 8 nitrogen and oxygen atoms in total. The summed E-state index contributed by atoms with van der Waals surface area (Å²) in [5.41, 5.74) is 5.92. The number of aliphatic hydroxyl groups is 1. The second-order valence-electron chi connectivity index (χ2n) is 10.1. The highest BCUT2D eigenvalue weighted by Gasteiger charge is 2.47. The number of pyridine rings is 2. The summed E-state index contributed by atoms with van der Waals surface area (Å²) in [6.07, 6.45) is 3.03. The fraction of sp³-hybridized carbons (Fsp3) is 0.267. The molecule has 1 aliphatic carbocycles. The van der Waals surface area contributed by atoms with Gasteiger partial charge in [0.05, 0.1) is 39.4 Å². The SMILES string of the molecule is CCOc1c(C(N)=O)cc([C@@](O)(CNC(=O)c2cc(Cl)c3ncc(C)cc3c2)C2CC2)nc1-c1cccc(Br)c1F. The fourth-order valence-electron chi connectivity index (χ4n) is 4.87. The minimum Gasteiger partial charge on any atom is -0.491 e. The first-order valence-electron chi connectivity index (χ1n) is 13.0. The molecule has 2 aromatic heterocycles. The van der Waals surface area contributed by atoms with Crippen LogP contribution in [0.3, 0.4) is 0 Å². The summed E-state index contributed by atoms with van der Waals surface area (Å²) in [7, 11) is 0. The number of benzene rings is 2. The molecule has 1 fully saturated rings. The number of nitrogens with one attached hydrogen (secondary N) is 1. The third-order valence-electron chi connectivity index (χ3n) is 7.08. The van der Waals surface area contributed by atoms with Gasteiger partial charge in [0.2, 0.25) is 0 Å². The molecule has 0 radical (unpaired) electrons. The summed E-state index contributed by atoms with van der Waals surface area (Å²) < 4.78 is 21.2. The Hall–Kier alpha value is -3.60. The van der Waals surface area contributed by atoms with E-state index in [-0.39, 0.29) is 51.8 Å². The van der Waals surface area contributed by atoms with Crippen LogP contribution in [0.2, 0.25) is 5.02 Å². The van der Waals surface area contributed by atoms with Gasteiger partial charge in [-0.25, -0.2) is 9.37 Å². The number of aryl methyl sites for hydroxylation is 1. The number of halogens is 3. The predicted molar refractivity (Wildman–Crippen MR) is 157 cm³/mol. The summed E-state index contributed by atoms with van der Waals surface area (Å²) in [5, 5.41) is 15.8. The first-order chi connectivity index (χ1) is 19.5. The number of amides is 2. The number of nitrogens with zero attached hydrogens (tertiary/aromatic N) is 2. The van der Waals surface area contributed by atoms with Gasteiger partial charge in [0, 0.05) is 22.7 Å². The van der Waals surface area contributed by atoms with Crippen molar-refractivity contribution in [2.75, 3.05) is 13.2 Å². The van der Waals surface area contributed by atoms with E-state index in [0.29, 0.717) is 34.3 Å². The largest absolute Gasteiger partial charge is 0.491 e. The van der Waals surface area contributed by atoms with E-state index in [1.807, 2.05) is 13.0 Å². The quantitative estimate of drug-likeness (QED) is 0.216. The van der Waals surface area contributed by atoms with Crippen LogP contribution in [0, 0.1) is 18.7 Å². The molecule has 2 amide bonds. The van der Waals surface area contributed by atoms with Gasteiger partial charge in [-0.2, -0.15) is 0 Å². The lowest BCUT2D eigenvalue weighted by Gasteiger charge is -2.29. The van der Waals surface area contributed by atoms with Gasteiger partial charge in [-0.05, 0) is 90.5 Å². The van der Waals surface area contributed by atoms with E-state index in [1.165, 1.54) is 24.3 Å². The molecule has 41 heavy (non-hydrogen) atoms. The smallest absolute Gasteiger partial charge is 0.252 e. The molecule has 1 saturated carbocycles. The van der Waals surface area contributed by atoms with Gasteiger partial charge in [-0.1, -0.05) is 17.7 Å². The van der Waals surface area contributed by atoms with E-state index in [2.05, 4.69) is 31.2 Å². The van der Waals surface area contributed by atoms with Gasteiger partial charge in [0.1, 0.15) is 17.1 Å². The van der Waals surface area contributed by atoms with Gasteiger partial charge in [-0.15, -0.1) is 0 Å². The van der Waals surface area contributed by atoms with Crippen LogP contribution in [-0.2, 0) is 5.60 Å². The van der Waals surface area contributed by atoms with E-state index in [9.17, 15) is 14.7 Å². The number of rotatable bonds is 9. The Morgan fingerprint density at radius 2 is 2.02 bits per heavy atom. The highest BCUT2D eigenvalue weighted by atomic mass is 79.9. The van der Waals surface area contributed by atoms with Crippen molar-refractivity contribution in [2.24, 2.45) is 11.7 Å². The van der Waals surface area contributed by atoms with E-state index in [4.69, 9.17) is 22.1 Å². The van der Waals surface area contributed by atoms with E-state index >= 15 is 4.39 Å². The molecule has 1 aliphatic rings. The third-order valence-corrected chi connectivity index (χ3v) is 7.98. The number of carbonyl (C=O) groups excluding carboxylic acids is 2. The van der Waals surface area contributed by atoms with Crippen LogP contribution in [0.1, 0.15) is 51.7 Å². The van der Waals surface area contributed by atoms with Crippen LogP contribution in [0.15, 0.2) is 53.1 Å². The van der Waals surface area contributed by atoms with E-state index in [0.717, 1.165) is 5.56 Å². The Morgan fingerprint density at radius 3 is 2.71 bits per heavy atom. The number of aromatic nitrogens is 2. The van der Waals surface area contributed by atoms with Crippen molar-refractivity contribution < 1.29 is 23.8 Å². The fourth-order valence-corrected chi connectivity index (χ4v) is 5.51. The summed E-state index contributed by atoms with van der Waals surface area (Å²) >= 11 is 9.59. The summed E-state index contributed by atoms with van der Waals surface area (Å²) in [5.74, 6) is -2.16. The summed E-state index contributed by atoms with van der Waals surface area (Å²) in [6, 6.07) is 11.1. The Kier molecular flexibility index (Phi) is 8.00. The van der Waals surface area contributed by atoms with Crippen LogP contribution in [0.5, 0.6) is 5.75 Å². The molecule has 0 bridgehead atoms. The average molecular weight is 642 g/mol. The van der Waals surface area contributed by atoms with Crippen molar-refractivity contribution >= 4 is 50.2 Å². The first kappa shape index (κ1) is 28.9. The Balaban J connectivity index is 1.56. The normalized spacial score (nSPS) is 14.5. The van der Waals surface area contributed by atoms with Crippen molar-refractivity contribution in [1.82, 2.24) is 15.3 Å². The minimum absolute atomic E-state index is 0.0117. The topological polar surface area (TPSA) is 127 Å². The van der Waals surface area contributed by atoms with Crippen LogP contribution in [0.4, 0.5) is 4.39 Å². The zero-order valence-electron chi connectivity index (χ0n) is 22.3. The van der Waals surface area contributed by atoms with Crippen molar-refractivity contribution in [3.8, 4) is 17.0 Å². The Labute approximate surface area is 249 Å². The number of nitrogens with two attached hydrogens (primary N) is 1. The van der Waals surface area contributed by atoms with E-state index < -0.39 is 23.2 Å². The lowest BCUT2D eigenvalue weighted by atomic mass is 9.90. The molecule has 0 saturated heterocycles. The van der Waals surface area contributed by atoms with Gasteiger partial charge >= 0.3 is 0 Å². The third kappa shape index (κ3) is 5.64. The molecule has 5 rings (SSSR count). The number of ether oxygens (including phenoxy) is 1. The lowest BCUT2D eigenvalue weighted by molar-refractivity contribution is 0.00946. The van der Waals surface area contributed by atoms with Crippen LogP contribution < -0.4 is 15.8 Å². The number of hydrogen-bond acceptors (Lipinski definition) is 6. The number of hydrogen-bond donors (Lipinski definition) is 3. The first-order valence-corrected chi connectivity index (χ1v) is 14.2. The van der Waals surface area contributed by atoms with Crippen molar-refractivity contribution in [2.45, 2.75) is 32.3 Å². The number of primary amides is 1. The van der Waals surface area contributed by atoms with Crippen molar-refractivity contribution in [3.63, 3.8) is 0 Å². The van der Waals surface area contributed by atoms with Crippen LogP contribution in [0.25, 0.3) is 22.2 Å². The maximum Gasteiger partial charge on any atom is 0.252 e. The second-order valence-corrected chi connectivity index (χ2v) is 11.3. The Bertz CT molecular complexity index is 1700. The summed E-state index contributed by atoms with van der Waals surface area (Å²) in [4.78, 5) is 34.8. The number of carbonyl (C=O) groups is 2. The van der Waals surface area contributed by atoms with Gasteiger partial charge in [-0.3, -0.25) is 14.6 Å². The molecule has 4 N–H and O–H groups in total. The number of fused-ring (bicyclic) bond motifs is 1. The highest BCUT2D eigenvalue weighted by molar-refractivity contribution is 9.10. The Morgan fingerprint density at radius 1 is 1.27 bits per heavy atom. The molecular formula is C30H27BrClFN4O4. The molecule has 0 spiro atoms. The predicted octanol–water partition coefficient (Wildman–Crippen LogP) is 5.69. The standard InChI is InChI=1S/C30H27BrClFN4O4/c1-3-41-27-20(28(34)38)12-23(37-26(27)19-5-4-6-21(31)24(19)33)30(40,18-7-8-18)14-36-29(39)17-10-16-9-15(2)13-35-25(16)22(32)11-17/h4-6,9-13,18,40H,3,7-8,14H2,1-2H3,(H2,34,38)(H,36,39)/t30-/m1/s1. The van der Waals surface area contributed by atoms with Crippen LogP contribution in [-0.4, -0.2) is 40.0 Å². The van der Waals surface area contributed by atoms with Crippen molar-refractivity contribution in [1.29, 1.82) is 0 Å². The van der Waals surface area contributed by atoms with Crippen LogP contribution >= 0.6 is 27.5 Å². The molecule has 4 aromatic rings. The average Bonchev–Trinajstić information content (AvgIpc) is 3.79. The van der Waals surface area contributed by atoms with Gasteiger partial charge in [0.15, 0.2) is 5.75 Å². The monoisotopic (exact) mass is 640 g/mol. The maximum absolute atomic E-state index is 15.3. The molecular weight excluding hydrogens is 615 g/mol. The lowest BCUT2D eigenvalue weighted by Crippen LogP contribution is -2.43. The molecule has 1 atom stereocenters. The highest BCUT2D eigenvalue weighted by Crippen LogP contribution is 2.47. The molecule has 2 aromatic carbocycles. The second kappa shape index (κ2) is 11.3. The maximum atomic E-state index is 15.3. The van der Waals surface area contributed by atoms with Crippen molar-refractivity contribution in [3.05, 3.63) is 86.4 Å². The van der Waals surface area contributed by atoms with Gasteiger partial charge in [0.25, 0.3) is 11.8 Å². The minimum atomic E-state index is -1.68. The molecule has 11 heteroatoms. The molecule has 0 aliphatic heterocycles. The zero-order chi connectivity index (χ0) is 29.5. The molecule has 0 unspecified atom stereocenters. The zero-order valence-corrected chi connectivity index (χ0v) is 24.6. The molecule has 212 valence electrons. The molecule has 2 heterocycles. The van der Waals surface area contributed by atoms with E-state index in [1.54, 1.807) is 25.3 Å².